The number of aromatic nitrogens is 2. The molecule has 0 spiro atoms. The standard InChI is InChI=1S/C20H26FN5OS/c21-16-6-8-17(9-7-16)26-12-10-25(11-13-26)14-18(27)22-20-24-23-19(28-20)15-4-2-1-3-5-15/h6-9,15H,1-5,10-14H2,(H,22,24,27). The molecule has 6 nitrogen and oxygen atoms in total. The van der Waals surface area contributed by atoms with Crippen molar-refractivity contribution in [3.8, 4) is 0 Å². The number of piperazine rings is 1. The summed E-state index contributed by atoms with van der Waals surface area (Å²) in [6.45, 7) is 3.60. The number of carbonyl (C=O) groups is 1. The fourth-order valence-electron chi connectivity index (χ4n) is 3.98. The first-order valence-electron chi connectivity index (χ1n) is 10.0. The van der Waals surface area contributed by atoms with E-state index in [1.54, 1.807) is 12.1 Å². The van der Waals surface area contributed by atoms with E-state index in [1.807, 2.05) is 0 Å². The summed E-state index contributed by atoms with van der Waals surface area (Å²) in [6, 6.07) is 6.58. The van der Waals surface area contributed by atoms with Crippen LogP contribution < -0.4 is 10.2 Å². The minimum Gasteiger partial charge on any atom is -0.369 e. The maximum absolute atomic E-state index is 13.1. The Hall–Kier alpha value is -2.06. The number of nitrogens with one attached hydrogen (secondary N) is 1. The molecule has 0 radical (unpaired) electrons. The Morgan fingerprint density at radius 3 is 2.50 bits per heavy atom. The highest BCUT2D eigenvalue weighted by Gasteiger charge is 2.22. The molecule has 1 amide bonds. The van der Waals surface area contributed by atoms with Crippen molar-refractivity contribution >= 4 is 28.1 Å². The fraction of sp³-hybridized carbons (Fsp3) is 0.550. The van der Waals surface area contributed by atoms with Crippen LogP contribution in [0.5, 0.6) is 0 Å². The van der Waals surface area contributed by atoms with Crippen LogP contribution in [0, 0.1) is 5.82 Å². The summed E-state index contributed by atoms with van der Waals surface area (Å²) in [7, 11) is 0. The normalized spacial score (nSPS) is 19.0. The first-order chi connectivity index (χ1) is 13.7. The highest BCUT2D eigenvalue weighted by atomic mass is 32.1. The maximum atomic E-state index is 13.1. The van der Waals surface area contributed by atoms with E-state index in [-0.39, 0.29) is 11.7 Å². The average Bonchev–Trinajstić information content (AvgIpc) is 3.18. The van der Waals surface area contributed by atoms with Crippen LogP contribution in [-0.4, -0.2) is 53.7 Å². The van der Waals surface area contributed by atoms with Gasteiger partial charge in [-0.1, -0.05) is 30.6 Å². The van der Waals surface area contributed by atoms with Crippen molar-refractivity contribution in [3.05, 3.63) is 35.1 Å². The van der Waals surface area contributed by atoms with Crippen LogP contribution in [-0.2, 0) is 4.79 Å². The number of carbonyl (C=O) groups excluding carboxylic acids is 1. The predicted octanol–water partition coefficient (Wildman–Crippen LogP) is 3.49. The van der Waals surface area contributed by atoms with Gasteiger partial charge in [0.15, 0.2) is 0 Å². The number of nitrogens with zero attached hydrogens (tertiary/aromatic N) is 4. The van der Waals surface area contributed by atoms with Crippen LogP contribution in [0.15, 0.2) is 24.3 Å². The molecular weight excluding hydrogens is 377 g/mol. The van der Waals surface area contributed by atoms with Crippen molar-refractivity contribution in [3.63, 3.8) is 0 Å². The van der Waals surface area contributed by atoms with Crippen molar-refractivity contribution < 1.29 is 9.18 Å². The molecule has 0 bridgehead atoms. The van der Waals surface area contributed by atoms with Gasteiger partial charge in [-0.3, -0.25) is 15.0 Å². The van der Waals surface area contributed by atoms with Gasteiger partial charge in [0.1, 0.15) is 10.8 Å². The van der Waals surface area contributed by atoms with Gasteiger partial charge in [-0.2, -0.15) is 0 Å². The van der Waals surface area contributed by atoms with E-state index in [1.165, 1.54) is 55.6 Å². The highest BCUT2D eigenvalue weighted by molar-refractivity contribution is 7.15. The molecule has 4 rings (SSSR count). The molecule has 1 aliphatic carbocycles. The van der Waals surface area contributed by atoms with Crippen LogP contribution in [0.3, 0.4) is 0 Å². The summed E-state index contributed by atoms with van der Waals surface area (Å²) in [5, 5.41) is 13.0. The van der Waals surface area contributed by atoms with Crippen molar-refractivity contribution in [2.45, 2.75) is 38.0 Å². The fourth-order valence-corrected chi connectivity index (χ4v) is 4.91. The SMILES string of the molecule is O=C(CN1CCN(c2ccc(F)cc2)CC1)Nc1nnc(C2CCCCC2)s1. The Labute approximate surface area is 168 Å². The lowest BCUT2D eigenvalue weighted by Gasteiger charge is -2.35. The lowest BCUT2D eigenvalue weighted by atomic mass is 9.90. The lowest BCUT2D eigenvalue weighted by Crippen LogP contribution is -2.48. The topological polar surface area (TPSA) is 61.4 Å². The van der Waals surface area contributed by atoms with Gasteiger partial charge < -0.3 is 4.90 Å². The zero-order valence-electron chi connectivity index (χ0n) is 15.9. The second kappa shape index (κ2) is 8.96. The third-order valence-corrected chi connectivity index (χ3v) is 6.57. The number of benzene rings is 1. The molecule has 150 valence electrons. The second-order valence-corrected chi connectivity index (χ2v) is 8.58. The highest BCUT2D eigenvalue weighted by Crippen LogP contribution is 2.35. The summed E-state index contributed by atoms with van der Waals surface area (Å²) in [4.78, 5) is 16.7. The summed E-state index contributed by atoms with van der Waals surface area (Å²) < 4.78 is 13.1. The summed E-state index contributed by atoms with van der Waals surface area (Å²) in [6.07, 6.45) is 6.20. The zero-order chi connectivity index (χ0) is 19.3. The third kappa shape index (κ3) is 4.86. The largest absolute Gasteiger partial charge is 0.369 e. The van der Waals surface area contributed by atoms with Gasteiger partial charge in [-0.15, -0.1) is 10.2 Å². The van der Waals surface area contributed by atoms with E-state index in [9.17, 15) is 9.18 Å². The molecule has 1 aliphatic heterocycles. The van der Waals surface area contributed by atoms with Gasteiger partial charge >= 0.3 is 0 Å². The van der Waals surface area contributed by atoms with Crippen LogP contribution in [0.2, 0.25) is 0 Å². The molecule has 1 saturated carbocycles. The van der Waals surface area contributed by atoms with Crippen molar-refractivity contribution in [1.82, 2.24) is 15.1 Å². The van der Waals surface area contributed by atoms with Crippen LogP contribution in [0.4, 0.5) is 15.2 Å². The number of hydrogen-bond donors (Lipinski definition) is 1. The minimum atomic E-state index is -0.220. The molecule has 1 saturated heterocycles. The van der Waals surface area contributed by atoms with Crippen molar-refractivity contribution in [2.75, 3.05) is 42.9 Å². The number of hydrogen-bond acceptors (Lipinski definition) is 6. The third-order valence-electron chi connectivity index (χ3n) is 5.57. The molecule has 0 atom stereocenters. The van der Waals surface area contributed by atoms with Crippen LogP contribution >= 0.6 is 11.3 Å². The van der Waals surface area contributed by atoms with E-state index >= 15 is 0 Å². The number of anilines is 2. The van der Waals surface area contributed by atoms with Crippen LogP contribution in [0.25, 0.3) is 0 Å². The summed E-state index contributed by atoms with van der Waals surface area (Å²) in [5.41, 5.74) is 1.02. The van der Waals surface area contributed by atoms with E-state index < -0.39 is 0 Å². The van der Waals surface area contributed by atoms with E-state index in [2.05, 4.69) is 25.3 Å². The van der Waals surface area contributed by atoms with Gasteiger partial charge in [0, 0.05) is 37.8 Å². The number of halogens is 1. The van der Waals surface area contributed by atoms with Gasteiger partial charge in [0.05, 0.1) is 6.54 Å². The van der Waals surface area contributed by atoms with Gasteiger partial charge in [-0.25, -0.2) is 4.39 Å². The Balaban J connectivity index is 1.23. The first kappa shape index (κ1) is 19.3. The van der Waals surface area contributed by atoms with Gasteiger partial charge in [0.2, 0.25) is 11.0 Å². The average molecular weight is 404 g/mol. The van der Waals surface area contributed by atoms with Gasteiger partial charge in [0.25, 0.3) is 0 Å². The molecule has 1 N–H and O–H groups in total. The van der Waals surface area contributed by atoms with Crippen LogP contribution in [0.1, 0.15) is 43.0 Å². The molecule has 8 heteroatoms. The molecule has 1 aromatic carbocycles. The Morgan fingerprint density at radius 2 is 1.79 bits per heavy atom. The monoisotopic (exact) mass is 403 g/mol. The lowest BCUT2D eigenvalue weighted by molar-refractivity contribution is -0.117. The summed E-state index contributed by atoms with van der Waals surface area (Å²) in [5.74, 6) is 0.250. The van der Waals surface area contributed by atoms with E-state index in [0.717, 1.165) is 36.9 Å². The Morgan fingerprint density at radius 1 is 1.07 bits per heavy atom. The minimum absolute atomic E-state index is 0.0402. The number of amides is 1. The molecule has 0 unspecified atom stereocenters. The van der Waals surface area contributed by atoms with Gasteiger partial charge in [-0.05, 0) is 37.1 Å². The van der Waals surface area contributed by atoms with Crippen molar-refractivity contribution in [2.24, 2.45) is 0 Å². The predicted molar refractivity (Wildman–Crippen MR) is 109 cm³/mol. The molecule has 1 aromatic heterocycles. The second-order valence-electron chi connectivity index (χ2n) is 7.57. The Kier molecular flexibility index (Phi) is 6.17. The first-order valence-corrected chi connectivity index (χ1v) is 10.8. The molecule has 2 heterocycles. The van der Waals surface area contributed by atoms with E-state index in [0.29, 0.717) is 17.6 Å². The molecule has 28 heavy (non-hydrogen) atoms. The van der Waals surface area contributed by atoms with E-state index in [4.69, 9.17) is 0 Å². The maximum Gasteiger partial charge on any atom is 0.240 e. The molecular formula is C20H26FN5OS. The van der Waals surface area contributed by atoms with Crippen molar-refractivity contribution in [1.29, 1.82) is 0 Å². The zero-order valence-corrected chi connectivity index (χ0v) is 16.8. The number of rotatable bonds is 5. The Bertz CT molecular complexity index is 782. The quantitative estimate of drug-likeness (QED) is 0.828. The smallest absolute Gasteiger partial charge is 0.240 e. The summed E-state index contributed by atoms with van der Waals surface area (Å²) >= 11 is 1.52. The molecule has 2 fully saturated rings. The molecule has 2 aromatic rings. The molecule has 2 aliphatic rings.